The van der Waals surface area contributed by atoms with Crippen molar-refractivity contribution in [2.45, 2.75) is 13.3 Å². The third kappa shape index (κ3) is 6.64. The van der Waals surface area contributed by atoms with Gasteiger partial charge >= 0.3 is 0 Å². The van der Waals surface area contributed by atoms with Crippen LogP contribution in [0.3, 0.4) is 0 Å². The van der Waals surface area contributed by atoms with Crippen LogP contribution in [-0.2, 0) is 9.59 Å². The van der Waals surface area contributed by atoms with Gasteiger partial charge in [-0.1, -0.05) is 35.0 Å². The molecule has 0 aliphatic carbocycles. The van der Waals surface area contributed by atoms with Gasteiger partial charge in [0.1, 0.15) is 18.0 Å². The SMILES string of the molecule is CCCN(CC(=O)Nc1ccccc1OC)C(=O)/C=C/c1cc(Br)ccc1OC. The van der Waals surface area contributed by atoms with Gasteiger partial charge in [0.2, 0.25) is 11.8 Å². The van der Waals surface area contributed by atoms with Gasteiger partial charge in [-0.15, -0.1) is 0 Å². The summed E-state index contributed by atoms with van der Waals surface area (Å²) in [6.07, 6.45) is 3.88. The van der Waals surface area contributed by atoms with Crippen LogP contribution in [0.5, 0.6) is 11.5 Å². The first-order valence-electron chi connectivity index (χ1n) is 9.21. The molecular weight excluding hydrogens is 436 g/mol. The smallest absolute Gasteiger partial charge is 0.247 e. The number of carbonyl (C=O) groups excluding carboxylic acids is 2. The summed E-state index contributed by atoms with van der Waals surface area (Å²) in [6, 6.07) is 12.7. The normalized spacial score (nSPS) is 10.6. The lowest BCUT2D eigenvalue weighted by molar-refractivity contribution is -0.130. The molecule has 0 aromatic heterocycles. The topological polar surface area (TPSA) is 67.9 Å². The fraction of sp³-hybridized carbons (Fsp3) is 0.273. The first-order chi connectivity index (χ1) is 14.0. The van der Waals surface area contributed by atoms with Gasteiger partial charge in [0, 0.05) is 22.7 Å². The van der Waals surface area contributed by atoms with E-state index in [2.05, 4.69) is 21.2 Å². The van der Waals surface area contributed by atoms with Crippen molar-refractivity contribution in [2.24, 2.45) is 0 Å². The van der Waals surface area contributed by atoms with Gasteiger partial charge in [-0.2, -0.15) is 0 Å². The molecule has 0 unspecified atom stereocenters. The van der Waals surface area contributed by atoms with E-state index in [0.717, 1.165) is 16.5 Å². The van der Waals surface area contributed by atoms with Crippen molar-refractivity contribution >= 4 is 39.5 Å². The van der Waals surface area contributed by atoms with Gasteiger partial charge in [-0.25, -0.2) is 0 Å². The van der Waals surface area contributed by atoms with Gasteiger partial charge < -0.3 is 19.7 Å². The summed E-state index contributed by atoms with van der Waals surface area (Å²) in [5.74, 6) is 0.692. The van der Waals surface area contributed by atoms with Crippen molar-refractivity contribution < 1.29 is 19.1 Å². The predicted molar refractivity (Wildman–Crippen MR) is 118 cm³/mol. The van der Waals surface area contributed by atoms with Gasteiger partial charge in [0.25, 0.3) is 0 Å². The number of carbonyl (C=O) groups is 2. The molecule has 0 bridgehead atoms. The molecule has 0 spiro atoms. The lowest BCUT2D eigenvalue weighted by atomic mass is 10.2. The fourth-order valence-electron chi connectivity index (χ4n) is 2.75. The lowest BCUT2D eigenvalue weighted by Gasteiger charge is -2.20. The van der Waals surface area contributed by atoms with E-state index in [-0.39, 0.29) is 18.4 Å². The molecule has 0 radical (unpaired) electrons. The third-order valence-electron chi connectivity index (χ3n) is 4.12. The molecule has 0 atom stereocenters. The quantitative estimate of drug-likeness (QED) is 0.564. The van der Waals surface area contributed by atoms with Crippen LogP contribution in [0.25, 0.3) is 6.08 Å². The molecule has 154 valence electrons. The maximum absolute atomic E-state index is 12.7. The number of rotatable bonds is 9. The molecule has 2 aromatic rings. The van der Waals surface area contributed by atoms with Gasteiger partial charge in [0.05, 0.1) is 19.9 Å². The number of halogens is 1. The maximum Gasteiger partial charge on any atom is 0.247 e. The summed E-state index contributed by atoms with van der Waals surface area (Å²) in [5.41, 5.74) is 1.34. The number of para-hydroxylation sites is 2. The number of methoxy groups -OCH3 is 2. The molecule has 0 saturated heterocycles. The highest BCUT2D eigenvalue weighted by atomic mass is 79.9. The summed E-state index contributed by atoms with van der Waals surface area (Å²) in [6.45, 7) is 2.38. The van der Waals surface area contributed by atoms with Crippen LogP contribution in [0.1, 0.15) is 18.9 Å². The van der Waals surface area contributed by atoms with E-state index in [0.29, 0.717) is 23.7 Å². The molecule has 0 aliphatic heterocycles. The highest BCUT2D eigenvalue weighted by Crippen LogP contribution is 2.24. The van der Waals surface area contributed by atoms with E-state index in [1.165, 1.54) is 11.0 Å². The predicted octanol–water partition coefficient (Wildman–Crippen LogP) is 4.36. The zero-order valence-corrected chi connectivity index (χ0v) is 18.4. The van der Waals surface area contributed by atoms with Crippen molar-refractivity contribution in [3.63, 3.8) is 0 Å². The molecule has 0 aliphatic rings. The van der Waals surface area contributed by atoms with Crippen LogP contribution in [0.2, 0.25) is 0 Å². The summed E-state index contributed by atoms with van der Waals surface area (Å²) in [5, 5.41) is 2.80. The molecule has 2 amide bonds. The zero-order chi connectivity index (χ0) is 21.2. The number of hydrogen-bond acceptors (Lipinski definition) is 4. The summed E-state index contributed by atoms with van der Waals surface area (Å²) >= 11 is 3.41. The minimum Gasteiger partial charge on any atom is -0.496 e. The monoisotopic (exact) mass is 460 g/mol. The average Bonchev–Trinajstić information content (AvgIpc) is 2.72. The largest absolute Gasteiger partial charge is 0.496 e. The second-order valence-corrected chi connectivity index (χ2v) is 7.14. The molecule has 0 saturated carbocycles. The van der Waals surface area contributed by atoms with Crippen molar-refractivity contribution in [3.8, 4) is 11.5 Å². The van der Waals surface area contributed by atoms with Crippen LogP contribution < -0.4 is 14.8 Å². The molecule has 7 heteroatoms. The molecular formula is C22H25BrN2O4. The number of hydrogen-bond donors (Lipinski definition) is 1. The summed E-state index contributed by atoms with van der Waals surface area (Å²) in [4.78, 5) is 26.7. The molecule has 2 rings (SSSR count). The Kier molecular flexibility index (Phi) is 8.73. The van der Waals surface area contributed by atoms with E-state index >= 15 is 0 Å². The lowest BCUT2D eigenvalue weighted by Crippen LogP contribution is -2.37. The Hall–Kier alpha value is -2.80. The van der Waals surface area contributed by atoms with E-state index in [4.69, 9.17) is 9.47 Å². The Morgan fingerprint density at radius 3 is 2.52 bits per heavy atom. The van der Waals surface area contributed by atoms with Crippen LogP contribution in [0.4, 0.5) is 5.69 Å². The Labute approximate surface area is 179 Å². The first kappa shape index (κ1) is 22.5. The van der Waals surface area contributed by atoms with E-state index in [1.54, 1.807) is 38.5 Å². The Balaban J connectivity index is 2.09. The number of nitrogens with one attached hydrogen (secondary N) is 1. The van der Waals surface area contributed by atoms with Crippen LogP contribution in [0, 0.1) is 0 Å². The fourth-order valence-corrected chi connectivity index (χ4v) is 3.13. The van der Waals surface area contributed by atoms with E-state index in [1.807, 2.05) is 31.2 Å². The average molecular weight is 461 g/mol. The molecule has 0 heterocycles. The Morgan fingerprint density at radius 2 is 1.83 bits per heavy atom. The third-order valence-corrected chi connectivity index (χ3v) is 4.61. The second kappa shape index (κ2) is 11.3. The number of ether oxygens (including phenoxy) is 2. The van der Waals surface area contributed by atoms with Crippen molar-refractivity contribution in [1.29, 1.82) is 0 Å². The molecule has 1 N–H and O–H groups in total. The van der Waals surface area contributed by atoms with Crippen LogP contribution in [-0.4, -0.2) is 44.0 Å². The maximum atomic E-state index is 12.7. The van der Waals surface area contributed by atoms with Crippen molar-refractivity contribution in [2.75, 3.05) is 32.6 Å². The standard InChI is InChI=1S/C22H25BrN2O4/c1-4-13-25(15-21(26)24-18-7-5-6-8-20(18)29-3)22(27)12-9-16-14-17(23)10-11-19(16)28-2/h5-12,14H,4,13,15H2,1-3H3,(H,24,26)/b12-9+. The molecule has 0 fully saturated rings. The second-order valence-electron chi connectivity index (χ2n) is 6.23. The summed E-state index contributed by atoms with van der Waals surface area (Å²) < 4.78 is 11.4. The number of amides is 2. The molecule has 6 nitrogen and oxygen atoms in total. The van der Waals surface area contributed by atoms with Crippen molar-refractivity contribution in [1.82, 2.24) is 4.90 Å². The Morgan fingerprint density at radius 1 is 1.10 bits per heavy atom. The number of nitrogens with zero attached hydrogens (tertiary/aromatic N) is 1. The van der Waals surface area contributed by atoms with E-state index < -0.39 is 0 Å². The van der Waals surface area contributed by atoms with E-state index in [9.17, 15) is 9.59 Å². The van der Waals surface area contributed by atoms with Crippen LogP contribution in [0.15, 0.2) is 53.0 Å². The van der Waals surface area contributed by atoms with Gasteiger partial charge in [-0.3, -0.25) is 9.59 Å². The number of anilines is 1. The number of benzene rings is 2. The van der Waals surface area contributed by atoms with Crippen molar-refractivity contribution in [3.05, 3.63) is 58.6 Å². The highest BCUT2D eigenvalue weighted by molar-refractivity contribution is 9.10. The van der Waals surface area contributed by atoms with Crippen LogP contribution >= 0.6 is 15.9 Å². The minimum atomic E-state index is -0.287. The molecule has 29 heavy (non-hydrogen) atoms. The molecule has 2 aromatic carbocycles. The Bertz CT molecular complexity index is 883. The first-order valence-corrected chi connectivity index (χ1v) is 10.0. The zero-order valence-electron chi connectivity index (χ0n) is 16.8. The van der Waals surface area contributed by atoms with Gasteiger partial charge in [-0.05, 0) is 42.8 Å². The minimum absolute atomic E-state index is 0.0509. The highest BCUT2D eigenvalue weighted by Gasteiger charge is 2.16. The van der Waals surface area contributed by atoms with Gasteiger partial charge in [0.15, 0.2) is 0 Å². The summed E-state index contributed by atoms with van der Waals surface area (Å²) in [7, 11) is 3.12.